The van der Waals surface area contributed by atoms with E-state index < -0.39 is 30.8 Å². The minimum atomic E-state index is -2.99. The maximum absolute atomic E-state index is 13.9. The Bertz CT molecular complexity index is 767. The van der Waals surface area contributed by atoms with Crippen molar-refractivity contribution >= 4 is 5.91 Å². The number of alkyl halides is 2. The van der Waals surface area contributed by atoms with Crippen LogP contribution in [0.25, 0.3) is 0 Å². The van der Waals surface area contributed by atoms with Crippen LogP contribution in [0.5, 0.6) is 0 Å². The van der Waals surface area contributed by atoms with Crippen molar-refractivity contribution in [2.45, 2.75) is 39.2 Å². The van der Waals surface area contributed by atoms with E-state index in [1.807, 2.05) is 0 Å². The Kier molecular flexibility index (Phi) is 3.46. The van der Waals surface area contributed by atoms with E-state index in [2.05, 4.69) is 15.2 Å². The van der Waals surface area contributed by atoms with Crippen LogP contribution in [0, 0.1) is 20.8 Å². The zero-order chi connectivity index (χ0) is 16.9. The number of aryl methyl sites for hydroxylation is 3. The summed E-state index contributed by atoms with van der Waals surface area (Å²) in [5, 5.41) is 7.80. The van der Waals surface area contributed by atoms with Gasteiger partial charge in [-0.15, -0.1) is 0 Å². The molecule has 1 amide bonds. The molecule has 0 saturated carbocycles. The molecular weight excluding hydrogens is 308 g/mol. The van der Waals surface area contributed by atoms with Gasteiger partial charge in [0.1, 0.15) is 6.04 Å². The lowest BCUT2D eigenvalue weighted by molar-refractivity contribution is 0.0116. The monoisotopic (exact) mass is 325 g/mol. The van der Waals surface area contributed by atoms with Gasteiger partial charge >= 0.3 is 0 Å². The first-order chi connectivity index (χ1) is 10.7. The second-order valence-corrected chi connectivity index (χ2v) is 5.86. The molecule has 2 aromatic rings. The molecule has 3 rings (SSSR count). The van der Waals surface area contributed by atoms with Gasteiger partial charge in [-0.2, -0.15) is 10.1 Å². The van der Waals surface area contributed by atoms with Gasteiger partial charge in [-0.3, -0.25) is 9.48 Å². The van der Waals surface area contributed by atoms with Gasteiger partial charge in [-0.05, 0) is 20.8 Å². The topological polar surface area (TPSA) is 77.0 Å². The molecule has 3 heterocycles. The predicted molar refractivity (Wildman–Crippen MR) is 75.1 cm³/mol. The lowest BCUT2D eigenvalue weighted by Crippen LogP contribution is -2.33. The van der Waals surface area contributed by atoms with Gasteiger partial charge in [0.25, 0.3) is 11.8 Å². The van der Waals surface area contributed by atoms with Crippen LogP contribution in [0.1, 0.15) is 45.9 Å². The average molecular weight is 325 g/mol. The summed E-state index contributed by atoms with van der Waals surface area (Å²) < 4.78 is 34.4. The Hall–Kier alpha value is -2.32. The Morgan fingerprint density at radius 2 is 2.04 bits per heavy atom. The van der Waals surface area contributed by atoms with Crippen molar-refractivity contribution < 1.29 is 18.1 Å². The molecule has 1 aliphatic heterocycles. The van der Waals surface area contributed by atoms with E-state index in [1.54, 1.807) is 32.5 Å². The first-order valence-electron chi connectivity index (χ1n) is 7.19. The molecule has 7 nitrogen and oxygen atoms in total. The number of aromatic nitrogens is 4. The number of halogens is 2. The highest BCUT2D eigenvalue weighted by Crippen LogP contribution is 2.41. The van der Waals surface area contributed by atoms with Crippen molar-refractivity contribution in [2.75, 3.05) is 6.54 Å². The molecule has 124 valence electrons. The van der Waals surface area contributed by atoms with Gasteiger partial charge < -0.3 is 9.42 Å². The first kappa shape index (κ1) is 15.6. The standard InChI is InChI=1S/C14H17F2N5O2/c1-7-11(8(2)20(4)18-7)13(22)21-6-14(15,16)5-10(21)12-17-9(3)19-23-12/h10H,5-6H2,1-4H3/t10-/m0/s1. The van der Waals surface area contributed by atoms with Crippen LogP contribution in [-0.4, -0.2) is 43.2 Å². The number of nitrogens with zero attached hydrogens (tertiary/aromatic N) is 5. The summed E-state index contributed by atoms with van der Waals surface area (Å²) in [6.45, 7) is 4.33. The Morgan fingerprint density at radius 3 is 2.57 bits per heavy atom. The van der Waals surface area contributed by atoms with E-state index in [-0.39, 0.29) is 5.89 Å². The van der Waals surface area contributed by atoms with Gasteiger partial charge in [-0.25, -0.2) is 8.78 Å². The van der Waals surface area contributed by atoms with Crippen LogP contribution in [0.4, 0.5) is 8.78 Å². The molecule has 1 atom stereocenters. The van der Waals surface area contributed by atoms with E-state index in [0.29, 0.717) is 22.8 Å². The van der Waals surface area contributed by atoms with Crippen LogP contribution in [0.3, 0.4) is 0 Å². The third kappa shape index (κ3) is 2.60. The second kappa shape index (κ2) is 5.10. The fourth-order valence-electron chi connectivity index (χ4n) is 2.93. The highest BCUT2D eigenvalue weighted by Gasteiger charge is 2.50. The molecule has 1 saturated heterocycles. The van der Waals surface area contributed by atoms with Gasteiger partial charge in [0.15, 0.2) is 5.82 Å². The molecule has 1 fully saturated rings. The second-order valence-electron chi connectivity index (χ2n) is 5.86. The molecule has 0 N–H and O–H groups in total. The Labute approximate surface area is 131 Å². The van der Waals surface area contributed by atoms with E-state index in [0.717, 1.165) is 4.90 Å². The number of likely N-dealkylation sites (tertiary alicyclic amines) is 1. The summed E-state index contributed by atoms with van der Waals surface area (Å²) in [6.07, 6.45) is -0.529. The fourth-order valence-corrected chi connectivity index (χ4v) is 2.93. The molecule has 0 spiro atoms. The molecule has 0 radical (unpaired) electrons. The van der Waals surface area contributed by atoms with E-state index in [1.165, 1.54) is 0 Å². The van der Waals surface area contributed by atoms with E-state index in [9.17, 15) is 13.6 Å². The minimum Gasteiger partial charge on any atom is -0.337 e. The normalized spacial score (nSPS) is 20.3. The maximum atomic E-state index is 13.9. The molecule has 9 heteroatoms. The van der Waals surface area contributed by atoms with E-state index >= 15 is 0 Å². The molecule has 1 aliphatic rings. The fraction of sp³-hybridized carbons (Fsp3) is 0.571. The molecule has 0 unspecified atom stereocenters. The molecule has 0 aromatic carbocycles. The summed E-state index contributed by atoms with van der Waals surface area (Å²) in [4.78, 5) is 17.9. The Morgan fingerprint density at radius 1 is 1.35 bits per heavy atom. The zero-order valence-electron chi connectivity index (χ0n) is 13.3. The zero-order valence-corrected chi connectivity index (χ0v) is 13.3. The van der Waals surface area contributed by atoms with Crippen molar-refractivity contribution in [3.05, 3.63) is 28.7 Å². The van der Waals surface area contributed by atoms with Crippen LogP contribution in [0.15, 0.2) is 4.52 Å². The molecule has 23 heavy (non-hydrogen) atoms. The van der Waals surface area contributed by atoms with Gasteiger partial charge in [0, 0.05) is 19.2 Å². The van der Waals surface area contributed by atoms with Crippen molar-refractivity contribution in [1.82, 2.24) is 24.8 Å². The number of rotatable bonds is 2. The number of carbonyl (C=O) groups is 1. The van der Waals surface area contributed by atoms with Crippen molar-refractivity contribution in [3.63, 3.8) is 0 Å². The quantitative estimate of drug-likeness (QED) is 0.843. The SMILES string of the molecule is Cc1noc([C@@H]2CC(F)(F)CN2C(=O)c2c(C)nn(C)c2C)n1. The maximum Gasteiger partial charge on any atom is 0.267 e. The number of hydrogen-bond donors (Lipinski definition) is 0. The molecular formula is C14H17F2N5O2. The highest BCUT2D eigenvalue weighted by molar-refractivity contribution is 5.96. The summed E-state index contributed by atoms with van der Waals surface area (Å²) in [5.41, 5.74) is 1.47. The summed E-state index contributed by atoms with van der Waals surface area (Å²) in [5.74, 6) is -3.11. The van der Waals surface area contributed by atoms with E-state index in [4.69, 9.17) is 4.52 Å². The largest absolute Gasteiger partial charge is 0.337 e. The van der Waals surface area contributed by atoms with Crippen LogP contribution in [0.2, 0.25) is 0 Å². The minimum absolute atomic E-state index is 0.0345. The number of carbonyl (C=O) groups excluding carboxylic acids is 1. The summed E-state index contributed by atoms with van der Waals surface area (Å²) in [7, 11) is 1.70. The lowest BCUT2D eigenvalue weighted by atomic mass is 10.1. The highest BCUT2D eigenvalue weighted by atomic mass is 19.3. The van der Waals surface area contributed by atoms with Crippen molar-refractivity contribution in [2.24, 2.45) is 7.05 Å². The third-order valence-corrected chi connectivity index (χ3v) is 4.08. The third-order valence-electron chi connectivity index (χ3n) is 4.08. The van der Waals surface area contributed by atoms with Crippen LogP contribution in [-0.2, 0) is 7.05 Å². The molecule has 0 aliphatic carbocycles. The van der Waals surface area contributed by atoms with Gasteiger partial charge in [0.2, 0.25) is 5.89 Å². The average Bonchev–Trinajstić information content (AvgIpc) is 3.07. The van der Waals surface area contributed by atoms with Gasteiger partial charge in [-0.1, -0.05) is 5.16 Å². The van der Waals surface area contributed by atoms with Crippen molar-refractivity contribution in [1.29, 1.82) is 0 Å². The smallest absolute Gasteiger partial charge is 0.267 e. The van der Waals surface area contributed by atoms with Crippen LogP contribution < -0.4 is 0 Å². The summed E-state index contributed by atoms with van der Waals surface area (Å²) >= 11 is 0. The Balaban J connectivity index is 2.00. The van der Waals surface area contributed by atoms with Gasteiger partial charge in [0.05, 0.1) is 17.8 Å². The lowest BCUT2D eigenvalue weighted by Gasteiger charge is -2.21. The number of amides is 1. The van der Waals surface area contributed by atoms with Crippen LogP contribution >= 0.6 is 0 Å². The van der Waals surface area contributed by atoms with Crippen molar-refractivity contribution in [3.8, 4) is 0 Å². The molecule has 2 aromatic heterocycles. The first-order valence-corrected chi connectivity index (χ1v) is 7.19. The number of hydrogen-bond acceptors (Lipinski definition) is 5. The summed E-state index contributed by atoms with van der Waals surface area (Å²) in [6, 6.07) is -0.933. The molecule has 0 bridgehead atoms. The predicted octanol–water partition coefficient (Wildman–Crippen LogP) is 1.95.